The number of benzene rings is 1. The van der Waals surface area contributed by atoms with Crippen molar-refractivity contribution >= 4 is 0 Å². The maximum Gasteiger partial charge on any atom is 0.416 e. The summed E-state index contributed by atoms with van der Waals surface area (Å²) in [6.07, 6.45) is -4.57. The van der Waals surface area contributed by atoms with Gasteiger partial charge in [0.05, 0.1) is 11.3 Å². The number of aromatic amines is 1. The second-order valence-corrected chi connectivity index (χ2v) is 3.78. The van der Waals surface area contributed by atoms with Gasteiger partial charge in [-0.25, -0.2) is 9.36 Å². The molecule has 0 aliphatic carbocycles. The lowest BCUT2D eigenvalue weighted by Gasteiger charge is -2.10. The number of alkyl halides is 3. The quantitative estimate of drug-likeness (QED) is 0.779. The zero-order chi connectivity index (χ0) is 15.1. The summed E-state index contributed by atoms with van der Waals surface area (Å²) in [4.78, 5) is 23.9. The molecule has 0 amide bonds. The molecule has 0 saturated carbocycles. The van der Waals surface area contributed by atoms with Crippen LogP contribution in [0, 0.1) is 5.82 Å². The van der Waals surface area contributed by atoms with E-state index in [0.29, 0.717) is 16.7 Å². The number of aromatic nitrogens is 2. The van der Waals surface area contributed by atoms with Crippen LogP contribution in [0.15, 0.2) is 33.9 Å². The van der Waals surface area contributed by atoms with Gasteiger partial charge < -0.3 is 5.11 Å². The Hall–Kier alpha value is -2.58. The first kappa shape index (κ1) is 13.8. The molecule has 0 fully saturated rings. The number of halogens is 4. The van der Waals surface area contributed by atoms with Gasteiger partial charge in [-0.05, 0) is 24.3 Å². The first-order valence-corrected chi connectivity index (χ1v) is 5.13. The van der Waals surface area contributed by atoms with Gasteiger partial charge in [0.1, 0.15) is 0 Å². The molecule has 0 aliphatic rings. The maximum absolute atomic E-state index is 13.2. The minimum Gasteiger partial charge on any atom is -0.492 e. The molecule has 0 saturated heterocycles. The first-order valence-electron chi connectivity index (χ1n) is 5.13. The number of hydrogen-bond acceptors (Lipinski definition) is 3. The maximum atomic E-state index is 13.2. The van der Waals surface area contributed by atoms with Gasteiger partial charge >= 0.3 is 11.9 Å². The molecule has 0 bridgehead atoms. The van der Waals surface area contributed by atoms with Crippen molar-refractivity contribution in [2.45, 2.75) is 6.18 Å². The molecule has 1 aromatic carbocycles. The Balaban J connectivity index is 2.62. The van der Waals surface area contributed by atoms with Crippen LogP contribution in [-0.4, -0.2) is 14.7 Å². The number of H-pyrrole nitrogens is 1. The van der Waals surface area contributed by atoms with Gasteiger partial charge in [-0.2, -0.15) is 17.6 Å². The van der Waals surface area contributed by atoms with Crippen LogP contribution < -0.4 is 11.2 Å². The number of nitrogens with one attached hydrogen (secondary N) is 1. The molecular formula is C11H6F4N2O3. The fourth-order valence-electron chi connectivity index (χ4n) is 1.54. The van der Waals surface area contributed by atoms with E-state index < -0.39 is 34.7 Å². The molecule has 0 aliphatic heterocycles. The van der Waals surface area contributed by atoms with Gasteiger partial charge in [0.15, 0.2) is 0 Å². The first-order chi connectivity index (χ1) is 9.21. The zero-order valence-corrected chi connectivity index (χ0v) is 9.53. The second-order valence-electron chi connectivity index (χ2n) is 3.78. The van der Waals surface area contributed by atoms with Crippen LogP contribution in [-0.2, 0) is 6.18 Å². The summed E-state index contributed by atoms with van der Waals surface area (Å²) in [5.74, 6) is -2.89. The molecular weight excluding hydrogens is 284 g/mol. The Bertz CT molecular complexity index is 759. The fourth-order valence-corrected chi connectivity index (χ4v) is 1.54. The number of aromatic hydroxyl groups is 1. The van der Waals surface area contributed by atoms with E-state index in [2.05, 4.69) is 0 Å². The third-order valence-corrected chi connectivity index (χ3v) is 2.48. The van der Waals surface area contributed by atoms with Crippen LogP contribution >= 0.6 is 0 Å². The van der Waals surface area contributed by atoms with Gasteiger partial charge in [0, 0.05) is 0 Å². The van der Waals surface area contributed by atoms with Crippen molar-refractivity contribution in [1.29, 1.82) is 0 Å². The molecule has 5 nitrogen and oxygen atoms in total. The molecule has 9 heteroatoms. The van der Waals surface area contributed by atoms with Crippen molar-refractivity contribution in [2.75, 3.05) is 0 Å². The molecule has 0 spiro atoms. The van der Waals surface area contributed by atoms with Crippen molar-refractivity contribution in [1.82, 2.24) is 9.55 Å². The second kappa shape index (κ2) is 4.51. The minimum absolute atomic E-state index is 0.226. The van der Waals surface area contributed by atoms with Crippen molar-refractivity contribution in [3.8, 4) is 11.6 Å². The van der Waals surface area contributed by atoms with Gasteiger partial charge in [0.2, 0.25) is 11.7 Å². The Morgan fingerprint density at radius 3 is 2.15 bits per heavy atom. The average molecular weight is 290 g/mol. The van der Waals surface area contributed by atoms with Gasteiger partial charge in [-0.3, -0.25) is 9.78 Å². The van der Waals surface area contributed by atoms with Crippen LogP contribution in [0.1, 0.15) is 5.56 Å². The Morgan fingerprint density at radius 1 is 1.10 bits per heavy atom. The van der Waals surface area contributed by atoms with Crippen molar-refractivity contribution < 1.29 is 22.7 Å². The minimum atomic E-state index is -4.57. The normalized spacial score (nSPS) is 11.6. The lowest BCUT2D eigenvalue weighted by molar-refractivity contribution is -0.137. The SMILES string of the molecule is O=c1[nH]c(=O)n(-c2ccc(C(F)(F)F)cc2)c(O)c1F. The monoisotopic (exact) mass is 290 g/mol. The molecule has 0 atom stereocenters. The van der Waals surface area contributed by atoms with Gasteiger partial charge in [-0.1, -0.05) is 0 Å². The summed E-state index contributed by atoms with van der Waals surface area (Å²) < 4.78 is 50.7. The Morgan fingerprint density at radius 2 is 1.65 bits per heavy atom. The van der Waals surface area contributed by atoms with E-state index in [4.69, 9.17) is 0 Å². The van der Waals surface area contributed by atoms with Crippen molar-refractivity contribution in [3.63, 3.8) is 0 Å². The van der Waals surface area contributed by atoms with E-state index in [9.17, 15) is 32.3 Å². The van der Waals surface area contributed by atoms with Crippen molar-refractivity contribution in [2.24, 2.45) is 0 Å². The summed E-state index contributed by atoms with van der Waals surface area (Å²) in [5, 5.41) is 9.39. The highest BCUT2D eigenvalue weighted by molar-refractivity contribution is 5.38. The van der Waals surface area contributed by atoms with E-state index >= 15 is 0 Å². The van der Waals surface area contributed by atoms with E-state index in [1.165, 1.54) is 0 Å². The van der Waals surface area contributed by atoms with Gasteiger partial charge in [0.25, 0.3) is 5.56 Å². The third-order valence-electron chi connectivity index (χ3n) is 2.48. The number of nitrogens with zero attached hydrogens (tertiary/aromatic N) is 1. The van der Waals surface area contributed by atoms with Crippen LogP contribution in [0.4, 0.5) is 17.6 Å². The molecule has 106 valence electrons. The predicted molar refractivity (Wildman–Crippen MR) is 59.3 cm³/mol. The van der Waals surface area contributed by atoms with Gasteiger partial charge in [-0.15, -0.1) is 0 Å². The number of hydrogen-bond donors (Lipinski definition) is 2. The van der Waals surface area contributed by atoms with Crippen LogP contribution in [0.2, 0.25) is 0 Å². The summed E-state index contributed by atoms with van der Waals surface area (Å²) in [5.41, 5.74) is -3.79. The molecule has 2 aromatic rings. The largest absolute Gasteiger partial charge is 0.492 e. The third kappa shape index (κ3) is 2.29. The van der Waals surface area contributed by atoms with Crippen molar-refractivity contribution in [3.05, 3.63) is 56.5 Å². The topological polar surface area (TPSA) is 75.1 Å². The number of rotatable bonds is 1. The molecule has 0 radical (unpaired) electrons. The van der Waals surface area contributed by atoms with E-state index in [-0.39, 0.29) is 5.69 Å². The van der Waals surface area contributed by atoms with E-state index in [1.54, 1.807) is 4.98 Å². The highest BCUT2D eigenvalue weighted by Crippen LogP contribution is 2.29. The zero-order valence-electron chi connectivity index (χ0n) is 9.53. The highest BCUT2D eigenvalue weighted by atomic mass is 19.4. The summed E-state index contributed by atoms with van der Waals surface area (Å²) in [7, 11) is 0. The van der Waals surface area contributed by atoms with E-state index in [1.807, 2.05) is 0 Å². The summed E-state index contributed by atoms with van der Waals surface area (Å²) >= 11 is 0. The lowest BCUT2D eigenvalue weighted by Crippen LogP contribution is -2.30. The smallest absolute Gasteiger partial charge is 0.416 e. The van der Waals surface area contributed by atoms with E-state index in [0.717, 1.165) is 12.1 Å². The highest BCUT2D eigenvalue weighted by Gasteiger charge is 2.30. The van der Waals surface area contributed by atoms with Crippen LogP contribution in [0.3, 0.4) is 0 Å². The van der Waals surface area contributed by atoms with Crippen LogP contribution in [0.5, 0.6) is 5.88 Å². The average Bonchev–Trinajstić information content (AvgIpc) is 2.36. The molecule has 1 aromatic heterocycles. The summed E-state index contributed by atoms with van der Waals surface area (Å²) in [6.45, 7) is 0. The standard InChI is InChI=1S/C11H6F4N2O3/c12-7-8(18)16-10(20)17(9(7)19)6-3-1-5(2-4-6)11(13,14)15/h1-4,19H,(H,16,18,20). The fraction of sp³-hybridized carbons (Fsp3) is 0.0909. The van der Waals surface area contributed by atoms with Crippen LogP contribution in [0.25, 0.3) is 5.69 Å². The molecule has 2 N–H and O–H groups in total. The molecule has 20 heavy (non-hydrogen) atoms. The predicted octanol–water partition coefficient (Wildman–Crippen LogP) is 1.39. The Labute approximate surface area is 107 Å². The molecule has 1 heterocycles. The molecule has 2 rings (SSSR count). The Kier molecular flexibility index (Phi) is 3.12. The lowest BCUT2D eigenvalue weighted by atomic mass is 10.2. The summed E-state index contributed by atoms with van der Waals surface area (Å²) in [6, 6.07) is 3.04. The molecule has 0 unspecified atom stereocenters.